The van der Waals surface area contributed by atoms with E-state index in [0.717, 1.165) is 18.2 Å². The third-order valence-corrected chi connectivity index (χ3v) is 6.36. The number of thiazole rings is 1. The van der Waals surface area contributed by atoms with Crippen LogP contribution in [-0.4, -0.2) is 40.1 Å². The number of rotatable bonds is 5. The molecule has 2 atom stereocenters. The summed E-state index contributed by atoms with van der Waals surface area (Å²) in [5, 5.41) is 7.71. The summed E-state index contributed by atoms with van der Waals surface area (Å²) >= 11 is 5.99. The molecule has 2 nitrogen and oxygen atoms in total. The fraction of sp³-hybridized carbons (Fsp3) is 0.727. The predicted octanol–water partition coefficient (Wildman–Crippen LogP) is 2.51. The lowest BCUT2D eigenvalue weighted by molar-refractivity contribution is 0.521. The summed E-state index contributed by atoms with van der Waals surface area (Å²) in [5.74, 6) is 3.90. The normalized spacial score (nSPS) is 23.2. The number of nitrogens with one attached hydrogen (secondary N) is 1. The first kappa shape index (κ1) is 12.7. The lowest BCUT2D eigenvalue weighted by Gasteiger charge is -2.29. The van der Waals surface area contributed by atoms with Gasteiger partial charge >= 0.3 is 0 Å². The molecule has 0 saturated carbocycles. The molecular formula is C11H18N2S3. The van der Waals surface area contributed by atoms with E-state index in [2.05, 4.69) is 46.1 Å². The highest BCUT2D eigenvalue weighted by molar-refractivity contribution is 8.06. The fourth-order valence-electron chi connectivity index (χ4n) is 1.88. The van der Waals surface area contributed by atoms with Crippen molar-refractivity contribution in [2.75, 3.05) is 23.8 Å². The lowest BCUT2D eigenvalue weighted by Crippen LogP contribution is -2.42. The Morgan fingerprint density at radius 2 is 2.50 bits per heavy atom. The van der Waals surface area contributed by atoms with Crippen LogP contribution < -0.4 is 5.32 Å². The van der Waals surface area contributed by atoms with Crippen LogP contribution in [0.15, 0.2) is 11.6 Å². The van der Waals surface area contributed by atoms with Gasteiger partial charge in [-0.1, -0.05) is 6.92 Å². The van der Waals surface area contributed by atoms with Crippen molar-refractivity contribution in [2.24, 2.45) is 0 Å². The molecule has 2 rings (SSSR count). The molecular weight excluding hydrogens is 256 g/mol. The highest BCUT2D eigenvalue weighted by Crippen LogP contribution is 2.28. The molecule has 2 unspecified atom stereocenters. The standard InChI is InChI=1S/C11H18N2S3/c1-2-12-9(7-11-13-3-4-16-11)10-8-14-5-6-15-10/h3-4,9-10,12H,2,5-8H2,1H3. The summed E-state index contributed by atoms with van der Waals surface area (Å²) in [6.07, 6.45) is 3.00. The van der Waals surface area contributed by atoms with Gasteiger partial charge in [-0.15, -0.1) is 11.3 Å². The summed E-state index contributed by atoms with van der Waals surface area (Å²) in [6, 6.07) is 0.592. The SMILES string of the molecule is CCNC(Cc1nccs1)C1CSCCS1. The fourth-order valence-corrected chi connectivity index (χ4v) is 5.44. The van der Waals surface area contributed by atoms with Crippen molar-refractivity contribution in [1.82, 2.24) is 10.3 Å². The second-order valence-corrected chi connectivity index (χ2v) is 7.25. The quantitative estimate of drug-likeness (QED) is 0.892. The second-order valence-electron chi connectivity index (χ2n) is 3.78. The number of hydrogen-bond donors (Lipinski definition) is 1. The topological polar surface area (TPSA) is 24.9 Å². The van der Waals surface area contributed by atoms with Crippen molar-refractivity contribution in [3.05, 3.63) is 16.6 Å². The van der Waals surface area contributed by atoms with Crippen molar-refractivity contribution >= 4 is 34.9 Å². The molecule has 5 heteroatoms. The Labute approximate surface area is 110 Å². The second kappa shape index (κ2) is 6.89. The summed E-state index contributed by atoms with van der Waals surface area (Å²) < 4.78 is 0. The van der Waals surface area contributed by atoms with E-state index in [-0.39, 0.29) is 0 Å². The number of hydrogen-bond acceptors (Lipinski definition) is 5. The van der Waals surface area contributed by atoms with Crippen molar-refractivity contribution < 1.29 is 0 Å². The summed E-state index contributed by atoms with van der Waals surface area (Å²) in [5.41, 5.74) is 0. The molecule has 1 N–H and O–H groups in total. The van der Waals surface area contributed by atoms with Gasteiger partial charge in [0.25, 0.3) is 0 Å². The largest absolute Gasteiger partial charge is 0.313 e. The van der Waals surface area contributed by atoms with Crippen LogP contribution in [0, 0.1) is 0 Å². The highest BCUT2D eigenvalue weighted by Gasteiger charge is 2.24. The van der Waals surface area contributed by atoms with Gasteiger partial charge in [0.05, 0.1) is 5.01 Å². The predicted molar refractivity (Wildman–Crippen MR) is 76.9 cm³/mol. The van der Waals surface area contributed by atoms with Crippen LogP contribution in [-0.2, 0) is 6.42 Å². The molecule has 16 heavy (non-hydrogen) atoms. The van der Waals surface area contributed by atoms with Gasteiger partial charge in [-0.3, -0.25) is 0 Å². The minimum Gasteiger partial charge on any atom is -0.313 e. The first-order valence-electron chi connectivity index (χ1n) is 5.71. The van der Waals surface area contributed by atoms with Gasteiger partial charge in [0.15, 0.2) is 0 Å². The molecule has 0 aromatic carbocycles. The van der Waals surface area contributed by atoms with Gasteiger partial charge in [0.2, 0.25) is 0 Å². The molecule has 1 saturated heterocycles. The van der Waals surface area contributed by atoms with Gasteiger partial charge in [0, 0.05) is 46.5 Å². The Morgan fingerprint density at radius 1 is 1.56 bits per heavy atom. The van der Waals surface area contributed by atoms with Crippen molar-refractivity contribution in [1.29, 1.82) is 0 Å². The molecule has 1 aromatic rings. The maximum Gasteiger partial charge on any atom is 0.0940 e. The van der Waals surface area contributed by atoms with Crippen molar-refractivity contribution in [3.8, 4) is 0 Å². The van der Waals surface area contributed by atoms with Crippen LogP contribution in [0.4, 0.5) is 0 Å². The smallest absolute Gasteiger partial charge is 0.0940 e. The van der Waals surface area contributed by atoms with Crippen LogP contribution in [0.3, 0.4) is 0 Å². The molecule has 0 aliphatic carbocycles. The van der Waals surface area contributed by atoms with E-state index >= 15 is 0 Å². The number of aromatic nitrogens is 1. The van der Waals surface area contributed by atoms with Gasteiger partial charge in [0.1, 0.15) is 0 Å². The molecule has 1 aliphatic rings. The number of nitrogens with zero attached hydrogens (tertiary/aromatic N) is 1. The third-order valence-electron chi connectivity index (χ3n) is 2.63. The van der Waals surface area contributed by atoms with Gasteiger partial charge in [-0.05, 0) is 6.54 Å². The third kappa shape index (κ3) is 3.65. The number of thioether (sulfide) groups is 2. The zero-order chi connectivity index (χ0) is 11.2. The average Bonchev–Trinajstić information content (AvgIpc) is 2.83. The van der Waals surface area contributed by atoms with Crippen molar-refractivity contribution in [3.63, 3.8) is 0 Å². The van der Waals surface area contributed by atoms with E-state index in [1.165, 1.54) is 22.3 Å². The van der Waals surface area contributed by atoms with E-state index in [0.29, 0.717) is 6.04 Å². The maximum atomic E-state index is 4.40. The number of likely N-dealkylation sites (N-methyl/N-ethyl adjacent to an activating group) is 1. The zero-order valence-electron chi connectivity index (χ0n) is 9.52. The Kier molecular flexibility index (Phi) is 5.48. The molecule has 2 heterocycles. The van der Waals surface area contributed by atoms with E-state index in [4.69, 9.17) is 0 Å². The van der Waals surface area contributed by atoms with Crippen LogP contribution in [0.25, 0.3) is 0 Å². The summed E-state index contributed by atoms with van der Waals surface area (Å²) in [4.78, 5) is 4.40. The summed E-state index contributed by atoms with van der Waals surface area (Å²) in [6.45, 7) is 3.24. The van der Waals surface area contributed by atoms with Crippen LogP contribution >= 0.6 is 34.9 Å². The van der Waals surface area contributed by atoms with E-state index in [9.17, 15) is 0 Å². The summed E-state index contributed by atoms with van der Waals surface area (Å²) in [7, 11) is 0. The van der Waals surface area contributed by atoms with Gasteiger partial charge in [-0.2, -0.15) is 23.5 Å². The zero-order valence-corrected chi connectivity index (χ0v) is 12.0. The van der Waals surface area contributed by atoms with E-state index in [1.807, 2.05) is 6.20 Å². The van der Waals surface area contributed by atoms with E-state index in [1.54, 1.807) is 11.3 Å². The molecule has 90 valence electrons. The minimum absolute atomic E-state index is 0.592. The molecule has 1 aliphatic heterocycles. The molecule has 1 fully saturated rings. The molecule has 0 spiro atoms. The van der Waals surface area contributed by atoms with E-state index < -0.39 is 0 Å². The molecule has 0 radical (unpaired) electrons. The van der Waals surface area contributed by atoms with Crippen LogP contribution in [0.5, 0.6) is 0 Å². The molecule has 0 amide bonds. The molecule has 0 bridgehead atoms. The Bertz CT molecular complexity index is 283. The minimum atomic E-state index is 0.592. The Morgan fingerprint density at radius 3 is 3.12 bits per heavy atom. The van der Waals surface area contributed by atoms with Crippen LogP contribution in [0.2, 0.25) is 0 Å². The van der Waals surface area contributed by atoms with Crippen molar-refractivity contribution in [2.45, 2.75) is 24.6 Å². The Balaban J connectivity index is 1.92. The van der Waals surface area contributed by atoms with Gasteiger partial charge in [-0.25, -0.2) is 4.98 Å². The molecule has 1 aromatic heterocycles. The first-order chi connectivity index (χ1) is 7.90. The Hall–Kier alpha value is 0.290. The maximum absolute atomic E-state index is 4.40. The lowest BCUT2D eigenvalue weighted by atomic mass is 10.1. The highest BCUT2D eigenvalue weighted by atomic mass is 32.2. The first-order valence-corrected chi connectivity index (χ1v) is 8.79. The van der Waals surface area contributed by atoms with Crippen LogP contribution in [0.1, 0.15) is 11.9 Å². The van der Waals surface area contributed by atoms with Gasteiger partial charge < -0.3 is 5.32 Å². The monoisotopic (exact) mass is 274 g/mol. The average molecular weight is 274 g/mol.